The molecule has 1 atom stereocenters. The quantitative estimate of drug-likeness (QED) is 0.263. The highest BCUT2D eigenvalue weighted by Gasteiger charge is 2.26. The first-order valence-electron chi connectivity index (χ1n) is 11.5. The van der Waals surface area contributed by atoms with Crippen LogP contribution < -0.4 is 21.5 Å². The molecule has 0 aliphatic carbocycles. The molecule has 0 saturated heterocycles. The number of nitrogens with two attached hydrogens (primary N) is 1. The Hall–Kier alpha value is -3.19. The van der Waals surface area contributed by atoms with Crippen molar-refractivity contribution >= 4 is 47.1 Å². The number of aromatic nitrogens is 4. The molecule has 3 rings (SSSR count). The Morgan fingerprint density at radius 1 is 1.19 bits per heavy atom. The summed E-state index contributed by atoms with van der Waals surface area (Å²) < 4.78 is 35.1. The molecule has 0 fully saturated rings. The SMILES string of the molecule is CCOP(=O)(CS(=O)CCNC(=O)c1ccc(N(C)Cc2cnc3nc(N)[nH]c(=O)c3n2)cc1)OCC. The largest absolute Gasteiger partial charge is 0.369 e. The molecule has 0 aliphatic rings. The van der Waals surface area contributed by atoms with Gasteiger partial charge in [0.15, 0.2) is 11.2 Å². The van der Waals surface area contributed by atoms with Gasteiger partial charge in [-0.3, -0.25) is 23.3 Å². The number of amides is 1. The van der Waals surface area contributed by atoms with E-state index in [2.05, 4.69) is 25.3 Å². The first-order chi connectivity index (χ1) is 17.6. The highest BCUT2D eigenvalue weighted by molar-refractivity contribution is 7.92. The molecule has 3 aromatic rings. The zero-order valence-electron chi connectivity index (χ0n) is 20.8. The summed E-state index contributed by atoms with van der Waals surface area (Å²) in [6.45, 7) is 4.26. The number of carbonyl (C=O) groups excluding carboxylic acids is 1. The van der Waals surface area contributed by atoms with Gasteiger partial charge in [0.2, 0.25) is 5.95 Å². The lowest BCUT2D eigenvalue weighted by atomic mass is 10.2. The Bertz CT molecular complexity index is 1360. The molecular formula is C22H30N7O6PS. The summed E-state index contributed by atoms with van der Waals surface area (Å²) >= 11 is 0. The van der Waals surface area contributed by atoms with Crippen molar-refractivity contribution in [3.63, 3.8) is 0 Å². The molecule has 0 spiro atoms. The number of nitrogen functional groups attached to an aromatic ring is 1. The number of hydrogen-bond donors (Lipinski definition) is 3. The smallest absolute Gasteiger partial charge is 0.343 e. The molecule has 37 heavy (non-hydrogen) atoms. The van der Waals surface area contributed by atoms with Crippen LogP contribution in [0.2, 0.25) is 0 Å². The summed E-state index contributed by atoms with van der Waals surface area (Å²) in [4.78, 5) is 41.3. The summed E-state index contributed by atoms with van der Waals surface area (Å²) in [7, 11) is -3.05. The van der Waals surface area contributed by atoms with Crippen LogP contribution in [0.1, 0.15) is 29.9 Å². The maximum atomic E-state index is 12.5. The Morgan fingerprint density at radius 2 is 1.86 bits per heavy atom. The molecule has 2 aromatic heterocycles. The topological polar surface area (TPSA) is 182 Å². The zero-order chi connectivity index (χ0) is 27.0. The van der Waals surface area contributed by atoms with Crippen molar-refractivity contribution in [1.82, 2.24) is 25.3 Å². The third-order valence-electron chi connectivity index (χ3n) is 5.02. The minimum Gasteiger partial charge on any atom is -0.369 e. The van der Waals surface area contributed by atoms with Gasteiger partial charge in [-0.1, -0.05) is 0 Å². The molecule has 13 nitrogen and oxygen atoms in total. The summed E-state index contributed by atoms with van der Waals surface area (Å²) in [6, 6.07) is 6.88. The van der Waals surface area contributed by atoms with Crippen LogP contribution in [0.25, 0.3) is 11.2 Å². The molecule has 0 radical (unpaired) electrons. The van der Waals surface area contributed by atoms with Crippen molar-refractivity contribution in [3.05, 3.63) is 52.1 Å². The summed E-state index contributed by atoms with van der Waals surface area (Å²) in [5, 5.41) is 2.71. The number of hydrogen-bond acceptors (Lipinski definition) is 11. The minimum absolute atomic E-state index is 0.0250. The van der Waals surface area contributed by atoms with E-state index in [1.807, 2.05) is 11.9 Å². The summed E-state index contributed by atoms with van der Waals surface area (Å²) in [6.07, 6.45) is 1.53. The number of nitrogens with one attached hydrogen (secondary N) is 2. The Balaban J connectivity index is 1.53. The van der Waals surface area contributed by atoms with E-state index in [1.165, 1.54) is 6.20 Å². The molecule has 2 heterocycles. The summed E-state index contributed by atoms with van der Waals surface area (Å²) in [5.41, 5.74) is 6.92. The van der Waals surface area contributed by atoms with Crippen LogP contribution in [0.5, 0.6) is 0 Å². The first-order valence-corrected chi connectivity index (χ1v) is 14.7. The van der Waals surface area contributed by atoms with Gasteiger partial charge in [0.05, 0.1) is 31.6 Å². The fraction of sp³-hybridized carbons (Fsp3) is 0.409. The normalized spacial score (nSPS) is 12.4. The fourth-order valence-electron chi connectivity index (χ4n) is 3.38. The van der Waals surface area contributed by atoms with Crippen LogP contribution in [0, 0.1) is 0 Å². The van der Waals surface area contributed by atoms with E-state index >= 15 is 0 Å². The lowest BCUT2D eigenvalue weighted by molar-refractivity contribution is 0.0956. The standard InChI is InChI=1S/C22H30N7O6PS/c1-4-34-36(32,35-5-2)14-37(33)11-10-24-20(30)15-6-8-17(9-7-15)29(3)13-16-12-25-19-18(26-16)21(31)28-22(23)27-19/h6-9,12H,4-5,10-11,13-14H2,1-3H3,(H,24,30)(H3,23,25,27,28,31). The lowest BCUT2D eigenvalue weighted by Crippen LogP contribution is -2.28. The van der Waals surface area contributed by atoms with Gasteiger partial charge in [-0.25, -0.2) is 9.97 Å². The first kappa shape index (κ1) is 28.4. The molecule has 4 N–H and O–H groups in total. The second-order valence-electron chi connectivity index (χ2n) is 7.86. The van der Waals surface area contributed by atoms with E-state index in [9.17, 15) is 18.4 Å². The molecule has 1 aromatic carbocycles. The van der Waals surface area contributed by atoms with Crippen molar-refractivity contribution in [1.29, 1.82) is 0 Å². The number of H-pyrrole nitrogens is 1. The third kappa shape index (κ3) is 7.89. The van der Waals surface area contributed by atoms with Crippen LogP contribution in [0.3, 0.4) is 0 Å². The number of anilines is 2. The van der Waals surface area contributed by atoms with E-state index in [4.69, 9.17) is 14.8 Å². The fourth-order valence-corrected chi connectivity index (χ4v) is 7.09. The lowest BCUT2D eigenvalue weighted by Gasteiger charge is -2.19. The van der Waals surface area contributed by atoms with Crippen molar-refractivity contribution in [3.8, 4) is 0 Å². The predicted octanol–water partition coefficient (Wildman–Crippen LogP) is 1.63. The van der Waals surface area contributed by atoms with Gasteiger partial charge in [0.25, 0.3) is 11.5 Å². The second-order valence-corrected chi connectivity index (χ2v) is 11.9. The van der Waals surface area contributed by atoms with Crippen molar-refractivity contribution in [2.24, 2.45) is 0 Å². The Kier molecular flexibility index (Phi) is 9.86. The van der Waals surface area contributed by atoms with Gasteiger partial charge in [-0.2, -0.15) is 4.98 Å². The van der Waals surface area contributed by atoms with Gasteiger partial charge in [-0.15, -0.1) is 0 Å². The van der Waals surface area contributed by atoms with E-state index in [0.717, 1.165) is 5.69 Å². The Morgan fingerprint density at radius 3 is 2.51 bits per heavy atom. The van der Waals surface area contributed by atoms with Crippen LogP contribution >= 0.6 is 7.60 Å². The highest BCUT2D eigenvalue weighted by Crippen LogP contribution is 2.48. The average Bonchev–Trinajstić information content (AvgIpc) is 2.84. The van der Waals surface area contributed by atoms with E-state index < -0.39 is 24.0 Å². The number of aromatic amines is 1. The van der Waals surface area contributed by atoms with Gasteiger partial charge in [0.1, 0.15) is 5.49 Å². The average molecular weight is 552 g/mol. The van der Waals surface area contributed by atoms with Crippen LogP contribution in [0.15, 0.2) is 35.3 Å². The molecular weight excluding hydrogens is 521 g/mol. The number of carbonyl (C=O) groups is 1. The van der Waals surface area contributed by atoms with Gasteiger partial charge in [-0.05, 0) is 38.1 Å². The van der Waals surface area contributed by atoms with Crippen LogP contribution in [0.4, 0.5) is 11.6 Å². The molecule has 200 valence electrons. The molecule has 15 heteroatoms. The number of nitrogens with zero attached hydrogens (tertiary/aromatic N) is 4. The molecule has 1 amide bonds. The van der Waals surface area contributed by atoms with E-state index in [0.29, 0.717) is 17.8 Å². The van der Waals surface area contributed by atoms with Gasteiger partial charge >= 0.3 is 7.60 Å². The highest BCUT2D eigenvalue weighted by atomic mass is 32.2. The minimum atomic E-state index is -3.41. The van der Waals surface area contributed by atoms with Crippen LogP contribution in [-0.4, -0.2) is 68.1 Å². The second kappa shape index (κ2) is 12.9. The van der Waals surface area contributed by atoms with E-state index in [-0.39, 0.29) is 54.0 Å². The molecule has 0 aliphatic heterocycles. The molecule has 1 unspecified atom stereocenters. The Labute approximate surface area is 216 Å². The maximum Gasteiger partial charge on any atom is 0.343 e. The van der Waals surface area contributed by atoms with Gasteiger partial charge < -0.3 is 25.0 Å². The molecule has 0 bridgehead atoms. The van der Waals surface area contributed by atoms with Crippen LogP contribution in [-0.2, 0) is 31.0 Å². The zero-order valence-corrected chi connectivity index (χ0v) is 22.5. The maximum absolute atomic E-state index is 12.5. The number of fused-ring (bicyclic) bond motifs is 1. The van der Waals surface area contributed by atoms with Gasteiger partial charge in [0, 0.05) is 41.4 Å². The molecule has 0 saturated carbocycles. The number of rotatable bonds is 13. The predicted molar refractivity (Wildman–Crippen MR) is 142 cm³/mol. The number of benzene rings is 1. The third-order valence-corrected chi connectivity index (χ3v) is 9.40. The summed E-state index contributed by atoms with van der Waals surface area (Å²) in [5.74, 6) is -0.229. The monoisotopic (exact) mass is 551 g/mol. The van der Waals surface area contributed by atoms with Crippen molar-refractivity contribution in [2.75, 3.05) is 48.7 Å². The van der Waals surface area contributed by atoms with E-state index in [1.54, 1.807) is 38.1 Å². The van der Waals surface area contributed by atoms with Crippen molar-refractivity contribution in [2.45, 2.75) is 20.4 Å². The van der Waals surface area contributed by atoms with Crippen molar-refractivity contribution < 1.29 is 22.6 Å².